The summed E-state index contributed by atoms with van der Waals surface area (Å²) in [5, 5.41) is 0. The Hall–Kier alpha value is -1.32. The molecule has 0 aromatic heterocycles. The second kappa shape index (κ2) is 4.66. The summed E-state index contributed by atoms with van der Waals surface area (Å²) in [4.78, 5) is -0.515. The number of sulfonamides is 1. The SMILES string of the molecule is NC1CN(S(=O)(=O)c2ccccc2OC(F)(F)F)C1. The number of halogens is 3. The maximum atomic E-state index is 12.2. The maximum absolute atomic E-state index is 12.2. The first-order valence-corrected chi connectivity index (χ1v) is 6.74. The summed E-state index contributed by atoms with van der Waals surface area (Å²) in [6.07, 6.45) is -4.95. The van der Waals surface area contributed by atoms with E-state index >= 15 is 0 Å². The largest absolute Gasteiger partial charge is 0.573 e. The minimum atomic E-state index is -4.95. The Morgan fingerprint density at radius 1 is 1.26 bits per heavy atom. The zero-order chi connectivity index (χ0) is 14.3. The van der Waals surface area contributed by atoms with Crippen LogP contribution < -0.4 is 10.5 Å². The molecule has 0 unspecified atom stereocenters. The third kappa shape index (κ3) is 2.99. The third-order valence-electron chi connectivity index (χ3n) is 2.57. The zero-order valence-corrected chi connectivity index (χ0v) is 10.4. The summed E-state index contributed by atoms with van der Waals surface area (Å²) in [7, 11) is -4.01. The van der Waals surface area contributed by atoms with Gasteiger partial charge < -0.3 is 10.5 Å². The van der Waals surface area contributed by atoms with Crippen LogP contribution in [0.3, 0.4) is 0 Å². The lowest BCUT2D eigenvalue weighted by Gasteiger charge is -2.35. The Bertz CT molecular complexity index is 568. The molecule has 1 saturated heterocycles. The lowest BCUT2D eigenvalue weighted by molar-refractivity contribution is -0.275. The molecule has 0 saturated carbocycles. The Labute approximate surface area is 107 Å². The summed E-state index contributed by atoms with van der Waals surface area (Å²) in [6.45, 7) is 0.172. The smallest absolute Gasteiger partial charge is 0.404 e. The average molecular weight is 296 g/mol. The fraction of sp³-hybridized carbons (Fsp3) is 0.400. The van der Waals surface area contributed by atoms with Crippen molar-refractivity contribution in [2.45, 2.75) is 17.3 Å². The quantitative estimate of drug-likeness (QED) is 0.900. The Balaban J connectivity index is 2.34. The highest BCUT2D eigenvalue weighted by Gasteiger charge is 2.39. The van der Waals surface area contributed by atoms with Crippen LogP contribution in [0, 0.1) is 0 Å². The van der Waals surface area contributed by atoms with Gasteiger partial charge in [-0.05, 0) is 12.1 Å². The van der Waals surface area contributed by atoms with Crippen molar-refractivity contribution >= 4 is 10.0 Å². The molecule has 2 rings (SSSR count). The van der Waals surface area contributed by atoms with E-state index in [1.165, 1.54) is 12.1 Å². The molecule has 1 aromatic rings. The van der Waals surface area contributed by atoms with Gasteiger partial charge in [-0.25, -0.2) is 8.42 Å². The lowest BCUT2D eigenvalue weighted by Crippen LogP contribution is -2.57. The number of ether oxygens (including phenoxy) is 1. The molecule has 0 spiro atoms. The van der Waals surface area contributed by atoms with Crippen molar-refractivity contribution in [2.24, 2.45) is 5.73 Å². The highest BCUT2D eigenvalue weighted by molar-refractivity contribution is 7.89. The number of nitrogens with two attached hydrogens (primary N) is 1. The van der Waals surface area contributed by atoms with Crippen LogP contribution in [0.25, 0.3) is 0 Å². The first-order chi connectivity index (χ1) is 8.70. The van der Waals surface area contributed by atoms with Gasteiger partial charge in [-0.1, -0.05) is 12.1 Å². The molecule has 2 N–H and O–H groups in total. The predicted molar refractivity (Wildman–Crippen MR) is 59.9 cm³/mol. The Morgan fingerprint density at radius 2 is 1.84 bits per heavy atom. The molecule has 1 aliphatic rings. The number of nitrogens with zero attached hydrogens (tertiary/aromatic N) is 1. The summed E-state index contributed by atoms with van der Waals surface area (Å²) < 4.78 is 65.6. The normalized spacial score (nSPS) is 18.1. The number of rotatable bonds is 3. The molecule has 1 aromatic carbocycles. The van der Waals surface area contributed by atoms with E-state index in [9.17, 15) is 21.6 Å². The molecule has 0 bridgehead atoms. The topological polar surface area (TPSA) is 72.6 Å². The van der Waals surface area contributed by atoms with E-state index < -0.39 is 27.0 Å². The fourth-order valence-electron chi connectivity index (χ4n) is 1.68. The fourth-order valence-corrected chi connectivity index (χ4v) is 3.35. The molecule has 0 atom stereocenters. The van der Waals surface area contributed by atoms with Crippen LogP contribution >= 0.6 is 0 Å². The van der Waals surface area contributed by atoms with Gasteiger partial charge in [0.15, 0.2) is 0 Å². The summed E-state index contributed by atoms with van der Waals surface area (Å²) in [6, 6.07) is 4.34. The van der Waals surface area contributed by atoms with Crippen LogP contribution in [0.2, 0.25) is 0 Å². The van der Waals surface area contributed by atoms with Crippen LogP contribution in [0.15, 0.2) is 29.2 Å². The molecule has 19 heavy (non-hydrogen) atoms. The van der Waals surface area contributed by atoms with Crippen LogP contribution in [-0.2, 0) is 10.0 Å². The lowest BCUT2D eigenvalue weighted by atomic mass is 10.2. The molecule has 106 valence electrons. The molecule has 1 heterocycles. The highest BCUT2D eigenvalue weighted by Crippen LogP contribution is 2.32. The number of para-hydroxylation sites is 1. The van der Waals surface area contributed by atoms with E-state index in [0.717, 1.165) is 16.4 Å². The van der Waals surface area contributed by atoms with Gasteiger partial charge in [-0.15, -0.1) is 13.2 Å². The first kappa shape index (κ1) is 14.1. The van der Waals surface area contributed by atoms with Gasteiger partial charge in [-0.2, -0.15) is 4.31 Å². The first-order valence-electron chi connectivity index (χ1n) is 5.30. The molecule has 1 aliphatic heterocycles. The van der Waals surface area contributed by atoms with Gasteiger partial charge in [-0.3, -0.25) is 0 Å². The van der Waals surface area contributed by atoms with Crippen molar-refractivity contribution in [2.75, 3.05) is 13.1 Å². The molecule has 0 radical (unpaired) electrons. The number of alkyl halides is 3. The summed E-state index contributed by atoms with van der Waals surface area (Å²) in [5.41, 5.74) is 5.47. The Kier molecular flexibility index (Phi) is 3.45. The van der Waals surface area contributed by atoms with E-state index in [1.54, 1.807) is 0 Å². The average Bonchev–Trinajstić information content (AvgIpc) is 2.23. The number of hydrogen-bond acceptors (Lipinski definition) is 4. The van der Waals surface area contributed by atoms with Gasteiger partial charge in [0.25, 0.3) is 0 Å². The summed E-state index contributed by atoms with van der Waals surface area (Å²) >= 11 is 0. The van der Waals surface area contributed by atoms with E-state index in [4.69, 9.17) is 5.73 Å². The molecule has 9 heteroatoms. The van der Waals surface area contributed by atoms with Crippen LogP contribution in [-0.4, -0.2) is 38.2 Å². The second-order valence-electron chi connectivity index (χ2n) is 4.08. The van der Waals surface area contributed by atoms with Crippen molar-refractivity contribution in [1.29, 1.82) is 0 Å². The van der Waals surface area contributed by atoms with E-state index in [1.807, 2.05) is 0 Å². The van der Waals surface area contributed by atoms with Crippen molar-refractivity contribution in [1.82, 2.24) is 4.31 Å². The highest BCUT2D eigenvalue weighted by atomic mass is 32.2. The molecular weight excluding hydrogens is 285 g/mol. The maximum Gasteiger partial charge on any atom is 0.573 e. The van der Waals surface area contributed by atoms with E-state index in [2.05, 4.69) is 4.74 Å². The van der Waals surface area contributed by atoms with Crippen LogP contribution in [0.5, 0.6) is 5.75 Å². The van der Waals surface area contributed by atoms with E-state index in [0.29, 0.717) is 0 Å². The van der Waals surface area contributed by atoms with Crippen molar-refractivity contribution in [3.63, 3.8) is 0 Å². The molecular formula is C10H11F3N2O3S. The minimum absolute atomic E-state index is 0.0860. The van der Waals surface area contributed by atoms with Gasteiger partial charge >= 0.3 is 6.36 Å². The summed E-state index contributed by atoms with van der Waals surface area (Å²) in [5.74, 6) is -0.740. The molecule has 0 amide bonds. The second-order valence-corrected chi connectivity index (χ2v) is 5.98. The molecule has 0 aliphatic carbocycles. The van der Waals surface area contributed by atoms with Gasteiger partial charge in [0, 0.05) is 19.1 Å². The molecule has 5 nitrogen and oxygen atoms in total. The van der Waals surface area contributed by atoms with Crippen molar-refractivity contribution < 1.29 is 26.3 Å². The molecule has 1 fully saturated rings. The number of benzene rings is 1. The zero-order valence-electron chi connectivity index (χ0n) is 9.59. The van der Waals surface area contributed by atoms with Gasteiger partial charge in [0.05, 0.1) is 0 Å². The van der Waals surface area contributed by atoms with Crippen LogP contribution in [0.4, 0.5) is 13.2 Å². The Morgan fingerprint density at radius 3 is 2.37 bits per heavy atom. The monoisotopic (exact) mass is 296 g/mol. The predicted octanol–water partition coefficient (Wildman–Crippen LogP) is 0.917. The van der Waals surface area contributed by atoms with Gasteiger partial charge in [0.1, 0.15) is 10.6 Å². The number of hydrogen-bond donors (Lipinski definition) is 1. The third-order valence-corrected chi connectivity index (χ3v) is 4.44. The van der Waals surface area contributed by atoms with Crippen LogP contribution in [0.1, 0.15) is 0 Å². The minimum Gasteiger partial charge on any atom is -0.404 e. The van der Waals surface area contributed by atoms with Gasteiger partial charge in [0.2, 0.25) is 10.0 Å². The van der Waals surface area contributed by atoms with Crippen molar-refractivity contribution in [3.8, 4) is 5.75 Å². The van der Waals surface area contributed by atoms with Crippen molar-refractivity contribution in [3.05, 3.63) is 24.3 Å². The van der Waals surface area contributed by atoms with E-state index in [-0.39, 0.29) is 19.1 Å². The standard InChI is InChI=1S/C10H11F3N2O3S/c11-10(12,13)18-8-3-1-2-4-9(8)19(16,17)15-5-7(14)6-15/h1-4,7H,5-6,14H2.